The number of carboxylic acid groups (broad SMARTS) is 1. The number of likely N-dealkylation sites (N-methyl/N-ethyl adjacent to an activating group) is 1. The Balaban J connectivity index is 1.89. The van der Waals surface area contributed by atoms with Crippen molar-refractivity contribution in [2.75, 3.05) is 18.9 Å². The number of carboxylic acids is 1. The van der Waals surface area contributed by atoms with Crippen LogP contribution in [-0.4, -0.2) is 56.5 Å². The van der Waals surface area contributed by atoms with Gasteiger partial charge in [-0.1, -0.05) is 11.3 Å². The Kier molecular flexibility index (Phi) is 5.93. The number of hydrogen-bond donors (Lipinski definition) is 2. The lowest BCUT2D eigenvalue weighted by molar-refractivity contribution is -0.117. The second kappa shape index (κ2) is 7.93. The molecule has 24 heavy (non-hydrogen) atoms. The molecule has 1 amide bonds. The summed E-state index contributed by atoms with van der Waals surface area (Å²) in [6.45, 7) is 3.77. The summed E-state index contributed by atoms with van der Waals surface area (Å²) in [4.78, 5) is 37.4. The lowest BCUT2D eigenvalue weighted by Crippen LogP contribution is -2.37. The molecule has 0 fully saturated rings. The average molecular weight is 349 g/mol. The number of anilines is 1. The lowest BCUT2D eigenvalue weighted by Gasteiger charge is -2.23. The smallest absolute Gasteiger partial charge is 0.347 e. The van der Waals surface area contributed by atoms with E-state index < -0.39 is 5.97 Å². The Bertz CT molecular complexity index is 719. The molecular formula is C15H19N5O3S. The highest BCUT2D eigenvalue weighted by atomic mass is 32.1. The van der Waals surface area contributed by atoms with Crippen molar-refractivity contribution in [3.63, 3.8) is 0 Å². The molecule has 128 valence electrons. The van der Waals surface area contributed by atoms with Gasteiger partial charge in [-0.25, -0.2) is 9.78 Å². The van der Waals surface area contributed by atoms with Gasteiger partial charge < -0.3 is 10.4 Å². The first-order valence-electron chi connectivity index (χ1n) is 7.32. The fourth-order valence-corrected chi connectivity index (χ4v) is 2.90. The second-order valence-corrected chi connectivity index (χ2v) is 6.45. The largest absolute Gasteiger partial charge is 0.477 e. The summed E-state index contributed by atoms with van der Waals surface area (Å²) in [6.07, 6.45) is 5.64. The summed E-state index contributed by atoms with van der Waals surface area (Å²) in [6, 6.07) is 0.0973. The Labute approximate surface area is 143 Å². The first kappa shape index (κ1) is 18.0. The number of carbonyl (C=O) groups is 2. The molecule has 2 N–H and O–H groups in total. The van der Waals surface area contributed by atoms with Crippen molar-refractivity contribution in [1.29, 1.82) is 0 Å². The molecule has 8 nitrogen and oxygen atoms in total. The van der Waals surface area contributed by atoms with Crippen molar-refractivity contribution in [3.8, 4) is 0 Å². The van der Waals surface area contributed by atoms with Crippen LogP contribution < -0.4 is 5.32 Å². The van der Waals surface area contributed by atoms with E-state index in [-0.39, 0.29) is 23.4 Å². The van der Waals surface area contributed by atoms with Crippen LogP contribution >= 0.6 is 11.3 Å². The summed E-state index contributed by atoms with van der Waals surface area (Å²) in [7, 11) is 1.84. The van der Waals surface area contributed by atoms with Crippen LogP contribution in [0, 0.1) is 6.92 Å². The van der Waals surface area contributed by atoms with Gasteiger partial charge in [-0.3, -0.25) is 19.7 Å². The zero-order chi connectivity index (χ0) is 17.7. The highest BCUT2D eigenvalue weighted by Gasteiger charge is 2.18. The zero-order valence-electron chi connectivity index (χ0n) is 13.7. The fraction of sp³-hybridized carbons (Fsp3) is 0.400. The summed E-state index contributed by atoms with van der Waals surface area (Å²) < 4.78 is 0. The normalized spacial score (nSPS) is 12.2. The molecule has 0 spiro atoms. The minimum Gasteiger partial charge on any atom is -0.477 e. The minimum atomic E-state index is -1.04. The first-order chi connectivity index (χ1) is 11.4. The van der Waals surface area contributed by atoms with Gasteiger partial charge in [0, 0.05) is 31.1 Å². The number of thiazole rings is 1. The van der Waals surface area contributed by atoms with E-state index in [1.165, 1.54) is 0 Å². The SMILES string of the molecule is Cc1nc(NC(=O)CN(C)[C@H](C)Cc2cnccn2)sc1C(=O)O. The van der Waals surface area contributed by atoms with Crippen molar-refractivity contribution in [2.24, 2.45) is 0 Å². The summed E-state index contributed by atoms with van der Waals surface area (Å²) in [5, 5.41) is 11.9. The molecular weight excluding hydrogens is 330 g/mol. The molecule has 0 radical (unpaired) electrons. The van der Waals surface area contributed by atoms with Gasteiger partial charge in [0.05, 0.1) is 17.9 Å². The summed E-state index contributed by atoms with van der Waals surface area (Å²) in [5.41, 5.74) is 1.26. The predicted molar refractivity (Wildman–Crippen MR) is 90.3 cm³/mol. The van der Waals surface area contributed by atoms with Gasteiger partial charge in [0.25, 0.3) is 0 Å². The zero-order valence-corrected chi connectivity index (χ0v) is 14.5. The number of amides is 1. The molecule has 2 rings (SSSR count). The van der Waals surface area contributed by atoms with Gasteiger partial charge in [0.15, 0.2) is 5.13 Å². The Hall–Kier alpha value is -2.39. The van der Waals surface area contributed by atoms with Crippen LogP contribution in [-0.2, 0) is 11.2 Å². The van der Waals surface area contributed by atoms with Crippen LogP contribution in [0.4, 0.5) is 5.13 Å². The number of aromatic carboxylic acids is 1. The molecule has 9 heteroatoms. The standard InChI is InChI=1S/C15H19N5O3S/c1-9(6-11-7-16-4-5-17-11)20(3)8-12(21)19-15-18-10(2)13(24-15)14(22)23/h4-5,7,9H,6,8H2,1-3H3,(H,22,23)(H,18,19,21)/t9-/m1/s1. The van der Waals surface area contributed by atoms with Gasteiger partial charge in [0.1, 0.15) is 4.88 Å². The summed E-state index contributed by atoms with van der Waals surface area (Å²) >= 11 is 0.955. The van der Waals surface area contributed by atoms with Gasteiger partial charge >= 0.3 is 5.97 Å². The first-order valence-corrected chi connectivity index (χ1v) is 8.14. The lowest BCUT2D eigenvalue weighted by atomic mass is 10.1. The fourth-order valence-electron chi connectivity index (χ4n) is 2.08. The Morgan fingerprint density at radius 3 is 2.75 bits per heavy atom. The van der Waals surface area contributed by atoms with Crippen molar-refractivity contribution >= 4 is 28.3 Å². The second-order valence-electron chi connectivity index (χ2n) is 5.45. The molecule has 0 bridgehead atoms. The van der Waals surface area contributed by atoms with Crippen molar-refractivity contribution in [1.82, 2.24) is 19.9 Å². The van der Waals surface area contributed by atoms with Crippen molar-refractivity contribution in [3.05, 3.63) is 34.9 Å². The Morgan fingerprint density at radius 1 is 1.42 bits per heavy atom. The van der Waals surface area contributed by atoms with E-state index in [1.807, 2.05) is 18.9 Å². The number of rotatable bonds is 7. The maximum absolute atomic E-state index is 12.1. The maximum Gasteiger partial charge on any atom is 0.347 e. The van der Waals surface area contributed by atoms with E-state index >= 15 is 0 Å². The van der Waals surface area contributed by atoms with Gasteiger partial charge in [0.2, 0.25) is 5.91 Å². The van der Waals surface area contributed by atoms with E-state index in [1.54, 1.807) is 25.5 Å². The van der Waals surface area contributed by atoms with Crippen LogP contribution in [0.2, 0.25) is 0 Å². The minimum absolute atomic E-state index is 0.0973. The van der Waals surface area contributed by atoms with Gasteiger partial charge in [-0.2, -0.15) is 0 Å². The molecule has 0 saturated carbocycles. The number of carbonyl (C=O) groups excluding carboxylic acids is 1. The molecule has 0 aliphatic heterocycles. The topological polar surface area (TPSA) is 108 Å². The molecule has 0 aliphatic carbocycles. The molecule has 2 aromatic rings. The predicted octanol–water partition coefficient (Wildman–Crippen LogP) is 1.44. The van der Waals surface area contributed by atoms with Gasteiger partial charge in [-0.05, 0) is 20.9 Å². The van der Waals surface area contributed by atoms with Crippen LogP contribution in [0.5, 0.6) is 0 Å². The van der Waals surface area contributed by atoms with Crippen LogP contribution in [0.15, 0.2) is 18.6 Å². The van der Waals surface area contributed by atoms with E-state index in [2.05, 4.69) is 20.3 Å². The van der Waals surface area contributed by atoms with Gasteiger partial charge in [-0.15, -0.1) is 0 Å². The van der Waals surface area contributed by atoms with E-state index in [4.69, 9.17) is 5.11 Å². The van der Waals surface area contributed by atoms with Crippen molar-refractivity contribution in [2.45, 2.75) is 26.3 Å². The molecule has 2 heterocycles. The third kappa shape index (κ3) is 4.80. The third-order valence-corrected chi connectivity index (χ3v) is 4.56. The molecule has 0 saturated heterocycles. The number of nitrogens with one attached hydrogen (secondary N) is 1. The molecule has 0 unspecified atom stereocenters. The van der Waals surface area contributed by atoms with Crippen molar-refractivity contribution < 1.29 is 14.7 Å². The van der Waals surface area contributed by atoms with E-state index in [9.17, 15) is 9.59 Å². The average Bonchev–Trinajstić information content (AvgIpc) is 2.88. The number of aryl methyl sites for hydroxylation is 1. The number of nitrogens with zero attached hydrogens (tertiary/aromatic N) is 4. The van der Waals surface area contributed by atoms with Crippen LogP contribution in [0.1, 0.15) is 28.0 Å². The number of hydrogen-bond acceptors (Lipinski definition) is 7. The summed E-state index contributed by atoms with van der Waals surface area (Å²) in [5.74, 6) is -1.28. The molecule has 0 aliphatic rings. The Morgan fingerprint density at radius 2 is 2.17 bits per heavy atom. The maximum atomic E-state index is 12.1. The quantitative estimate of drug-likeness (QED) is 0.778. The van der Waals surface area contributed by atoms with Crippen LogP contribution in [0.3, 0.4) is 0 Å². The van der Waals surface area contributed by atoms with E-state index in [0.717, 1.165) is 17.0 Å². The van der Waals surface area contributed by atoms with Crippen LogP contribution in [0.25, 0.3) is 0 Å². The monoisotopic (exact) mass is 349 g/mol. The highest BCUT2D eigenvalue weighted by Crippen LogP contribution is 2.22. The molecule has 1 atom stereocenters. The third-order valence-electron chi connectivity index (χ3n) is 3.50. The number of aromatic nitrogens is 3. The van der Waals surface area contributed by atoms with E-state index in [0.29, 0.717) is 17.2 Å². The molecule has 2 aromatic heterocycles. The highest BCUT2D eigenvalue weighted by molar-refractivity contribution is 7.17. The molecule has 0 aromatic carbocycles.